The number of benzene rings is 1. The average Bonchev–Trinajstić information content (AvgIpc) is 2.54. The normalized spacial score (nSPS) is 21.6. The fourth-order valence-electron chi connectivity index (χ4n) is 2.77. The van der Waals surface area contributed by atoms with Crippen LogP contribution in [0.4, 0.5) is 11.4 Å². The Morgan fingerprint density at radius 3 is 2.76 bits per heavy atom. The van der Waals surface area contributed by atoms with Crippen LogP contribution in [0.2, 0.25) is 0 Å². The molecule has 17 heavy (non-hydrogen) atoms. The molecule has 0 bridgehead atoms. The first-order valence-electron chi connectivity index (χ1n) is 6.77. The van der Waals surface area contributed by atoms with Crippen LogP contribution in [0.3, 0.4) is 0 Å². The lowest BCUT2D eigenvalue weighted by Gasteiger charge is -2.23. The van der Waals surface area contributed by atoms with Crippen molar-refractivity contribution in [2.45, 2.75) is 33.1 Å². The third-order valence-electron chi connectivity index (χ3n) is 3.95. The first-order chi connectivity index (χ1) is 8.16. The Labute approximate surface area is 105 Å². The molecule has 0 spiro atoms. The summed E-state index contributed by atoms with van der Waals surface area (Å²) in [5.41, 5.74) is 8.01. The van der Waals surface area contributed by atoms with Gasteiger partial charge in [-0.2, -0.15) is 0 Å². The van der Waals surface area contributed by atoms with Crippen LogP contribution in [0.5, 0.6) is 0 Å². The molecule has 2 nitrogen and oxygen atoms in total. The molecule has 0 saturated carbocycles. The molecule has 1 aromatic carbocycles. The highest BCUT2D eigenvalue weighted by molar-refractivity contribution is 5.55. The van der Waals surface area contributed by atoms with Gasteiger partial charge in [-0.05, 0) is 49.3 Å². The van der Waals surface area contributed by atoms with Gasteiger partial charge in [-0.1, -0.05) is 19.9 Å². The summed E-state index contributed by atoms with van der Waals surface area (Å²) in [5, 5.41) is 0. The smallest absolute Gasteiger partial charge is 0.0386 e. The van der Waals surface area contributed by atoms with Gasteiger partial charge in [0.15, 0.2) is 0 Å². The molecule has 94 valence electrons. The van der Waals surface area contributed by atoms with Crippen molar-refractivity contribution < 1.29 is 0 Å². The number of nitrogens with zero attached hydrogens (tertiary/aromatic N) is 1. The molecule has 2 N–H and O–H groups in total. The largest absolute Gasteiger partial charge is 0.399 e. The minimum Gasteiger partial charge on any atom is -0.399 e. The SMILES string of the molecule is CC(C)C1CCCN(c2cccc(N)c2)CC1. The molecule has 0 aliphatic carbocycles. The van der Waals surface area contributed by atoms with Crippen LogP contribution in [0.25, 0.3) is 0 Å². The number of nitrogen functional groups attached to an aromatic ring is 1. The standard InChI is InChI=1S/C15H24N2/c1-12(2)13-5-4-9-17(10-8-13)15-7-3-6-14(16)11-15/h3,6-7,11-13H,4-5,8-10,16H2,1-2H3. The zero-order chi connectivity index (χ0) is 12.3. The fourth-order valence-corrected chi connectivity index (χ4v) is 2.77. The third-order valence-corrected chi connectivity index (χ3v) is 3.95. The van der Waals surface area contributed by atoms with E-state index in [1.165, 1.54) is 38.0 Å². The summed E-state index contributed by atoms with van der Waals surface area (Å²) >= 11 is 0. The molecule has 1 aliphatic heterocycles. The second kappa shape index (κ2) is 5.44. The number of anilines is 2. The zero-order valence-electron chi connectivity index (χ0n) is 11.0. The Balaban J connectivity index is 2.04. The summed E-state index contributed by atoms with van der Waals surface area (Å²) in [7, 11) is 0. The van der Waals surface area contributed by atoms with Crippen molar-refractivity contribution in [3.8, 4) is 0 Å². The molecule has 1 fully saturated rings. The Hall–Kier alpha value is -1.18. The predicted octanol–water partition coefficient (Wildman–Crippen LogP) is 3.53. The maximum absolute atomic E-state index is 5.85. The molecule has 1 saturated heterocycles. The first-order valence-corrected chi connectivity index (χ1v) is 6.77. The van der Waals surface area contributed by atoms with Gasteiger partial charge in [0.05, 0.1) is 0 Å². The second-order valence-electron chi connectivity index (χ2n) is 5.52. The molecular formula is C15H24N2. The molecule has 0 amide bonds. The zero-order valence-corrected chi connectivity index (χ0v) is 11.0. The van der Waals surface area contributed by atoms with Crippen LogP contribution in [0.1, 0.15) is 33.1 Å². The van der Waals surface area contributed by atoms with E-state index in [-0.39, 0.29) is 0 Å². The summed E-state index contributed by atoms with van der Waals surface area (Å²) in [4.78, 5) is 2.48. The lowest BCUT2D eigenvalue weighted by atomic mass is 9.89. The topological polar surface area (TPSA) is 29.3 Å². The summed E-state index contributed by atoms with van der Waals surface area (Å²) in [6, 6.07) is 8.27. The Morgan fingerprint density at radius 1 is 1.24 bits per heavy atom. The molecule has 0 radical (unpaired) electrons. The minimum atomic E-state index is 0.816. The van der Waals surface area contributed by atoms with Gasteiger partial charge in [-0.25, -0.2) is 0 Å². The van der Waals surface area contributed by atoms with E-state index in [0.717, 1.165) is 17.5 Å². The van der Waals surface area contributed by atoms with Gasteiger partial charge in [-0.15, -0.1) is 0 Å². The van der Waals surface area contributed by atoms with Crippen LogP contribution in [0, 0.1) is 11.8 Å². The van der Waals surface area contributed by atoms with Crippen molar-refractivity contribution in [3.63, 3.8) is 0 Å². The van der Waals surface area contributed by atoms with Crippen LogP contribution in [0.15, 0.2) is 24.3 Å². The van der Waals surface area contributed by atoms with E-state index >= 15 is 0 Å². The van der Waals surface area contributed by atoms with Gasteiger partial charge in [0.25, 0.3) is 0 Å². The van der Waals surface area contributed by atoms with Gasteiger partial charge >= 0.3 is 0 Å². The molecule has 1 atom stereocenters. The molecule has 1 heterocycles. The second-order valence-corrected chi connectivity index (χ2v) is 5.52. The quantitative estimate of drug-likeness (QED) is 0.790. The van der Waals surface area contributed by atoms with Crippen LogP contribution in [-0.4, -0.2) is 13.1 Å². The molecule has 2 heteroatoms. The molecule has 1 unspecified atom stereocenters. The van der Waals surface area contributed by atoms with Gasteiger partial charge < -0.3 is 10.6 Å². The van der Waals surface area contributed by atoms with Crippen molar-refractivity contribution in [2.24, 2.45) is 11.8 Å². The van der Waals surface area contributed by atoms with Crippen LogP contribution < -0.4 is 10.6 Å². The third kappa shape index (κ3) is 3.15. The van der Waals surface area contributed by atoms with Crippen LogP contribution >= 0.6 is 0 Å². The van der Waals surface area contributed by atoms with E-state index in [1.807, 2.05) is 6.07 Å². The van der Waals surface area contributed by atoms with Crippen molar-refractivity contribution in [3.05, 3.63) is 24.3 Å². The van der Waals surface area contributed by atoms with Crippen molar-refractivity contribution in [1.82, 2.24) is 0 Å². The number of nitrogens with two attached hydrogens (primary N) is 1. The summed E-state index contributed by atoms with van der Waals surface area (Å²) in [5.74, 6) is 1.71. The highest BCUT2D eigenvalue weighted by Crippen LogP contribution is 2.27. The fraction of sp³-hybridized carbons (Fsp3) is 0.600. The molecule has 0 aromatic heterocycles. The van der Waals surface area contributed by atoms with E-state index in [0.29, 0.717) is 0 Å². The van der Waals surface area contributed by atoms with Crippen LogP contribution in [-0.2, 0) is 0 Å². The molecular weight excluding hydrogens is 208 g/mol. The van der Waals surface area contributed by atoms with E-state index < -0.39 is 0 Å². The predicted molar refractivity (Wildman–Crippen MR) is 75.2 cm³/mol. The Bertz CT molecular complexity index is 360. The summed E-state index contributed by atoms with van der Waals surface area (Å²) < 4.78 is 0. The van der Waals surface area contributed by atoms with E-state index in [4.69, 9.17) is 5.73 Å². The summed E-state index contributed by atoms with van der Waals surface area (Å²) in [6.45, 7) is 7.04. The van der Waals surface area contributed by atoms with Crippen molar-refractivity contribution in [2.75, 3.05) is 23.7 Å². The first kappa shape index (κ1) is 12.3. The van der Waals surface area contributed by atoms with Gasteiger partial charge in [0.1, 0.15) is 0 Å². The van der Waals surface area contributed by atoms with E-state index in [2.05, 4.69) is 36.9 Å². The van der Waals surface area contributed by atoms with Crippen molar-refractivity contribution in [1.29, 1.82) is 0 Å². The Kier molecular flexibility index (Phi) is 3.93. The molecule has 1 aliphatic rings. The Morgan fingerprint density at radius 2 is 2.06 bits per heavy atom. The highest BCUT2D eigenvalue weighted by Gasteiger charge is 2.19. The van der Waals surface area contributed by atoms with Crippen molar-refractivity contribution >= 4 is 11.4 Å². The van der Waals surface area contributed by atoms with Gasteiger partial charge in [0, 0.05) is 24.5 Å². The minimum absolute atomic E-state index is 0.816. The lowest BCUT2D eigenvalue weighted by Crippen LogP contribution is -2.24. The number of hydrogen-bond acceptors (Lipinski definition) is 2. The lowest BCUT2D eigenvalue weighted by molar-refractivity contribution is 0.351. The molecule has 1 aromatic rings. The van der Waals surface area contributed by atoms with E-state index in [1.54, 1.807) is 0 Å². The van der Waals surface area contributed by atoms with E-state index in [9.17, 15) is 0 Å². The maximum atomic E-state index is 5.85. The monoisotopic (exact) mass is 232 g/mol. The highest BCUT2D eigenvalue weighted by atomic mass is 15.1. The number of hydrogen-bond donors (Lipinski definition) is 1. The van der Waals surface area contributed by atoms with Gasteiger partial charge in [0.2, 0.25) is 0 Å². The summed E-state index contributed by atoms with van der Waals surface area (Å²) in [6.07, 6.45) is 3.99. The van der Waals surface area contributed by atoms with Gasteiger partial charge in [-0.3, -0.25) is 0 Å². The number of rotatable bonds is 2. The average molecular weight is 232 g/mol. The molecule has 2 rings (SSSR count). The maximum Gasteiger partial charge on any atom is 0.0386 e.